The maximum atomic E-state index is 12.3. The number of nitrogens with one attached hydrogen (secondary N) is 2. The molecule has 10 heteroatoms. The average Bonchev–Trinajstić information content (AvgIpc) is 2.81. The van der Waals surface area contributed by atoms with Crippen LogP contribution >= 0.6 is 39.1 Å². The lowest BCUT2D eigenvalue weighted by Crippen LogP contribution is -2.34. The summed E-state index contributed by atoms with van der Waals surface area (Å²) >= 11 is 15.1. The van der Waals surface area contributed by atoms with Crippen molar-refractivity contribution in [3.63, 3.8) is 0 Å². The lowest BCUT2D eigenvalue weighted by Gasteiger charge is -2.08. The Hall–Kier alpha value is -3.20. The van der Waals surface area contributed by atoms with Crippen LogP contribution in [0, 0.1) is 0 Å². The first-order chi connectivity index (χ1) is 15.8. The lowest BCUT2D eigenvalue weighted by atomic mass is 10.2. The van der Waals surface area contributed by atoms with Gasteiger partial charge in [-0.1, -0.05) is 57.3 Å². The fourth-order valence-corrected chi connectivity index (χ4v) is 3.24. The number of hydrogen-bond donors (Lipinski definition) is 2. The molecule has 0 unspecified atom stereocenters. The summed E-state index contributed by atoms with van der Waals surface area (Å²) in [4.78, 5) is 36.5. The van der Waals surface area contributed by atoms with Crippen LogP contribution in [0.4, 0.5) is 0 Å². The van der Waals surface area contributed by atoms with Crippen LogP contribution in [0.25, 0.3) is 0 Å². The zero-order valence-corrected chi connectivity index (χ0v) is 19.9. The second-order valence-electron chi connectivity index (χ2n) is 6.54. The third-order valence-electron chi connectivity index (χ3n) is 4.17. The van der Waals surface area contributed by atoms with Crippen LogP contribution in [-0.4, -0.2) is 30.5 Å². The van der Waals surface area contributed by atoms with Gasteiger partial charge in [-0.25, -0.2) is 10.2 Å². The molecule has 2 N–H and O–H groups in total. The molecule has 2 amide bonds. The van der Waals surface area contributed by atoms with E-state index in [1.54, 1.807) is 48.5 Å². The predicted molar refractivity (Wildman–Crippen MR) is 130 cm³/mol. The van der Waals surface area contributed by atoms with Crippen LogP contribution < -0.4 is 15.5 Å². The summed E-state index contributed by atoms with van der Waals surface area (Å²) in [5, 5.41) is 6.88. The zero-order chi connectivity index (χ0) is 23.8. The number of hydrogen-bond acceptors (Lipinski definition) is 5. The molecule has 3 rings (SSSR count). The van der Waals surface area contributed by atoms with Crippen molar-refractivity contribution in [1.29, 1.82) is 0 Å². The second kappa shape index (κ2) is 11.6. The van der Waals surface area contributed by atoms with Gasteiger partial charge >= 0.3 is 5.97 Å². The van der Waals surface area contributed by atoms with Gasteiger partial charge in [0.25, 0.3) is 11.8 Å². The summed E-state index contributed by atoms with van der Waals surface area (Å²) in [5.74, 6) is -1.31. The van der Waals surface area contributed by atoms with Crippen molar-refractivity contribution in [3.8, 4) is 5.75 Å². The van der Waals surface area contributed by atoms with Crippen LogP contribution in [-0.2, 0) is 4.79 Å². The van der Waals surface area contributed by atoms with Crippen LogP contribution in [0.1, 0.15) is 26.3 Å². The van der Waals surface area contributed by atoms with Crippen molar-refractivity contribution in [1.82, 2.24) is 10.7 Å². The van der Waals surface area contributed by atoms with Gasteiger partial charge in [0.05, 0.1) is 28.4 Å². The van der Waals surface area contributed by atoms with Crippen molar-refractivity contribution >= 4 is 63.1 Å². The predicted octanol–water partition coefficient (Wildman–Crippen LogP) is 4.86. The van der Waals surface area contributed by atoms with E-state index in [2.05, 4.69) is 31.8 Å². The Morgan fingerprint density at radius 2 is 1.70 bits per heavy atom. The normalized spacial score (nSPS) is 10.6. The van der Waals surface area contributed by atoms with E-state index in [-0.39, 0.29) is 22.9 Å². The quantitative estimate of drug-likeness (QED) is 0.191. The topological polar surface area (TPSA) is 96.9 Å². The fraction of sp³-hybridized carbons (Fsp3) is 0.0435. The number of carbonyl (C=O) groups excluding carboxylic acids is 3. The first-order valence-electron chi connectivity index (χ1n) is 9.45. The Labute approximate surface area is 207 Å². The summed E-state index contributed by atoms with van der Waals surface area (Å²) in [7, 11) is 0. The first kappa shape index (κ1) is 24.4. The van der Waals surface area contributed by atoms with E-state index in [4.69, 9.17) is 27.9 Å². The summed E-state index contributed by atoms with van der Waals surface area (Å²) in [5.41, 5.74) is 3.42. The molecule has 0 fully saturated rings. The van der Waals surface area contributed by atoms with Gasteiger partial charge in [0, 0.05) is 15.6 Å². The summed E-state index contributed by atoms with van der Waals surface area (Å²) in [6.07, 6.45) is 1.33. The van der Waals surface area contributed by atoms with Crippen LogP contribution in [0.15, 0.2) is 76.3 Å². The standard InChI is InChI=1S/C23H16BrCl2N3O4/c24-17-7-9-20(33-23(32)14-4-2-1-3-5-14)16(10-17)12-28-29-21(30)13-27-22(31)15-6-8-18(25)19(26)11-15/h1-12H,13H2,(H,27,31)(H,29,30)/b28-12-. The number of ether oxygens (including phenoxy) is 1. The Morgan fingerprint density at radius 1 is 0.939 bits per heavy atom. The molecule has 0 heterocycles. The smallest absolute Gasteiger partial charge is 0.343 e. The SMILES string of the molecule is O=C(CNC(=O)c1ccc(Cl)c(Cl)c1)N/N=C\c1cc(Br)ccc1OC(=O)c1ccccc1. The number of rotatable bonds is 7. The molecule has 3 aromatic rings. The van der Waals surface area contributed by atoms with Crippen molar-refractivity contribution in [2.75, 3.05) is 6.54 Å². The maximum Gasteiger partial charge on any atom is 0.343 e. The number of halogens is 3. The summed E-state index contributed by atoms with van der Waals surface area (Å²) < 4.78 is 6.17. The Morgan fingerprint density at radius 3 is 2.42 bits per heavy atom. The minimum Gasteiger partial charge on any atom is -0.422 e. The molecule has 0 bridgehead atoms. The molecule has 0 saturated carbocycles. The summed E-state index contributed by atoms with van der Waals surface area (Å²) in [6, 6.07) is 17.9. The molecule has 0 saturated heterocycles. The number of esters is 1. The van der Waals surface area contributed by atoms with Crippen LogP contribution in [0.3, 0.4) is 0 Å². The van der Waals surface area contributed by atoms with E-state index in [1.807, 2.05) is 0 Å². The Bertz CT molecular complexity index is 1220. The van der Waals surface area contributed by atoms with Crippen molar-refractivity contribution < 1.29 is 19.1 Å². The zero-order valence-electron chi connectivity index (χ0n) is 16.8. The number of carbonyl (C=O) groups is 3. The van der Waals surface area contributed by atoms with E-state index in [1.165, 1.54) is 24.4 Å². The lowest BCUT2D eigenvalue weighted by molar-refractivity contribution is -0.120. The van der Waals surface area contributed by atoms with Gasteiger partial charge in [-0.05, 0) is 48.5 Å². The van der Waals surface area contributed by atoms with Gasteiger partial charge in [0.2, 0.25) is 0 Å². The van der Waals surface area contributed by atoms with Crippen LogP contribution in [0.5, 0.6) is 5.75 Å². The molecule has 0 spiro atoms. The van der Waals surface area contributed by atoms with E-state index >= 15 is 0 Å². The number of nitrogens with zero attached hydrogens (tertiary/aromatic N) is 1. The van der Waals surface area contributed by atoms with Gasteiger partial charge in [-0.3, -0.25) is 9.59 Å². The minimum absolute atomic E-state index is 0.233. The van der Waals surface area contributed by atoms with E-state index in [0.717, 1.165) is 4.47 Å². The molecule has 0 aliphatic rings. The van der Waals surface area contributed by atoms with E-state index in [0.29, 0.717) is 16.1 Å². The highest BCUT2D eigenvalue weighted by Gasteiger charge is 2.12. The van der Waals surface area contributed by atoms with E-state index < -0.39 is 17.8 Å². The highest BCUT2D eigenvalue weighted by Crippen LogP contribution is 2.23. The second-order valence-corrected chi connectivity index (χ2v) is 8.27. The van der Waals surface area contributed by atoms with Crippen LogP contribution in [0.2, 0.25) is 10.0 Å². The molecule has 0 aliphatic heterocycles. The highest BCUT2D eigenvalue weighted by molar-refractivity contribution is 9.10. The minimum atomic E-state index is -0.558. The summed E-state index contributed by atoms with van der Waals surface area (Å²) in [6.45, 7) is -0.315. The molecule has 168 valence electrons. The Kier molecular flexibility index (Phi) is 8.59. The third-order valence-corrected chi connectivity index (χ3v) is 5.40. The van der Waals surface area contributed by atoms with E-state index in [9.17, 15) is 14.4 Å². The molecule has 0 aliphatic carbocycles. The molecule has 0 radical (unpaired) electrons. The molecule has 0 aromatic heterocycles. The Balaban J connectivity index is 1.58. The van der Waals surface area contributed by atoms with Crippen molar-refractivity contribution in [2.45, 2.75) is 0 Å². The third kappa shape index (κ3) is 7.15. The monoisotopic (exact) mass is 547 g/mol. The molecular weight excluding hydrogens is 533 g/mol. The number of amides is 2. The van der Waals surface area contributed by atoms with Gasteiger partial charge in [0.15, 0.2) is 0 Å². The van der Waals surface area contributed by atoms with Crippen molar-refractivity contribution in [3.05, 3.63) is 97.9 Å². The highest BCUT2D eigenvalue weighted by atomic mass is 79.9. The van der Waals surface area contributed by atoms with Gasteiger partial charge in [0.1, 0.15) is 5.75 Å². The number of benzene rings is 3. The maximum absolute atomic E-state index is 12.3. The first-order valence-corrected chi connectivity index (χ1v) is 11.0. The van der Waals surface area contributed by atoms with Gasteiger partial charge in [-0.15, -0.1) is 0 Å². The van der Waals surface area contributed by atoms with Gasteiger partial charge < -0.3 is 10.1 Å². The molecule has 0 atom stereocenters. The number of hydrazone groups is 1. The molecular formula is C23H16BrCl2N3O4. The molecule has 33 heavy (non-hydrogen) atoms. The van der Waals surface area contributed by atoms with Crippen molar-refractivity contribution in [2.24, 2.45) is 5.10 Å². The van der Waals surface area contributed by atoms with Gasteiger partial charge in [-0.2, -0.15) is 5.10 Å². The largest absolute Gasteiger partial charge is 0.422 e. The average molecular weight is 549 g/mol. The molecule has 3 aromatic carbocycles. The molecule has 7 nitrogen and oxygen atoms in total. The fourth-order valence-electron chi connectivity index (χ4n) is 2.56.